The molecule has 0 spiro atoms. The largest absolute Gasteiger partial charge is 0.418 e. The molecule has 0 saturated heterocycles. The molecular formula is C20H28ClN4O5P. The molecule has 0 aliphatic rings. The molecule has 31 heavy (non-hydrogen) atoms. The minimum absolute atomic E-state index is 0.0898. The number of carbonyl (C=O) groups is 2. The first-order valence-corrected chi connectivity index (χ1v) is 11.8. The van der Waals surface area contributed by atoms with Crippen molar-refractivity contribution in [1.29, 1.82) is 0 Å². The van der Waals surface area contributed by atoms with Crippen LogP contribution in [-0.2, 0) is 30.2 Å². The van der Waals surface area contributed by atoms with E-state index in [4.69, 9.17) is 21.1 Å². The van der Waals surface area contributed by atoms with Crippen LogP contribution in [0.15, 0.2) is 24.8 Å². The number of ether oxygens (including phenoxy) is 2. The van der Waals surface area contributed by atoms with Crippen LogP contribution in [0.3, 0.4) is 0 Å². The lowest BCUT2D eigenvalue weighted by atomic mass is 9.97. The summed E-state index contributed by atoms with van der Waals surface area (Å²) < 4.78 is 25.1. The second-order valence-electron chi connectivity index (χ2n) is 9.02. The Kier molecular flexibility index (Phi) is 8.00. The lowest BCUT2D eigenvalue weighted by molar-refractivity contribution is -0.184. The smallest absolute Gasteiger partial charge is 0.314 e. The van der Waals surface area contributed by atoms with Gasteiger partial charge in [0.2, 0.25) is 0 Å². The minimum Gasteiger partial charge on any atom is -0.418 e. The fourth-order valence-electron chi connectivity index (χ4n) is 2.17. The number of imidazole rings is 1. The number of carbonyl (C=O) groups excluding carboxylic acids is 2. The van der Waals surface area contributed by atoms with Crippen molar-refractivity contribution in [3.8, 4) is 0 Å². The maximum Gasteiger partial charge on any atom is 0.314 e. The van der Waals surface area contributed by atoms with E-state index in [1.807, 2.05) is 0 Å². The van der Waals surface area contributed by atoms with Crippen molar-refractivity contribution in [2.24, 2.45) is 10.8 Å². The third-order valence-electron chi connectivity index (χ3n) is 4.06. The van der Waals surface area contributed by atoms with Gasteiger partial charge in [0.1, 0.15) is 11.8 Å². The zero-order valence-electron chi connectivity index (χ0n) is 18.5. The molecule has 0 saturated carbocycles. The van der Waals surface area contributed by atoms with E-state index >= 15 is 0 Å². The molecule has 2 aromatic rings. The summed E-state index contributed by atoms with van der Waals surface area (Å²) in [5, 5.41) is 0.266. The first-order valence-electron chi connectivity index (χ1n) is 9.72. The molecule has 0 aliphatic heterocycles. The predicted octanol–water partition coefficient (Wildman–Crippen LogP) is 4.06. The molecular weight excluding hydrogens is 443 g/mol. The topological polar surface area (TPSA) is 113 Å². The molecule has 2 aromatic heterocycles. The molecule has 0 amide bonds. The van der Waals surface area contributed by atoms with Gasteiger partial charge in [-0.2, -0.15) is 0 Å². The number of fused-ring (bicyclic) bond motifs is 1. The summed E-state index contributed by atoms with van der Waals surface area (Å²) in [4.78, 5) is 36.7. The maximum atomic E-state index is 12.8. The number of rotatable bonds is 7. The van der Waals surface area contributed by atoms with E-state index in [-0.39, 0.29) is 11.3 Å². The van der Waals surface area contributed by atoms with Crippen LogP contribution < -0.4 is 0 Å². The highest BCUT2D eigenvalue weighted by molar-refractivity contribution is 7.45. The van der Waals surface area contributed by atoms with Crippen molar-refractivity contribution in [3.05, 3.63) is 30.0 Å². The van der Waals surface area contributed by atoms with E-state index in [2.05, 4.69) is 15.0 Å². The van der Waals surface area contributed by atoms with Crippen LogP contribution in [0.4, 0.5) is 0 Å². The van der Waals surface area contributed by atoms with Crippen LogP contribution in [0.5, 0.6) is 0 Å². The first-order chi connectivity index (χ1) is 14.3. The lowest BCUT2D eigenvalue weighted by Gasteiger charge is -2.25. The summed E-state index contributed by atoms with van der Waals surface area (Å²) >= 11 is 5.99. The fourth-order valence-corrected chi connectivity index (χ4v) is 3.42. The van der Waals surface area contributed by atoms with Gasteiger partial charge >= 0.3 is 11.9 Å². The number of nitrogens with zero attached hydrogens (tertiary/aromatic N) is 4. The van der Waals surface area contributed by atoms with Crippen LogP contribution in [0.25, 0.3) is 11.2 Å². The summed E-state index contributed by atoms with van der Waals surface area (Å²) in [5.74, 6) is -1.19. The monoisotopic (exact) mass is 470 g/mol. The summed E-state index contributed by atoms with van der Waals surface area (Å²) in [6.45, 7) is 10.4. The van der Waals surface area contributed by atoms with E-state index < -0.39 is 36.6 Å². The second-order valence-corrected chi connectivity index (χ2v) is 11.2. The Hall–Kier alpha value is -2.25. The fraction of sp³-hybridized carbons (Fsp3) is 0.550. The molecule has 11 heteroatoms. The average Bonchev–Trinajstić information content (AvgIpc) is 3.07. The second kappa shape index (κ2) is 9.92. The molecule has 0 fully saturated rings. The Bertz CT molecular complexity index is 979. The van der Waals surface area contributed by atoms with Gasteiger partial charge in [0.05, 0.1) is 17.2 Å². The summed E-state index contributed by atoms with van der Waals surface area (Å²) in [6.07, 6.45) is 6.47. The number of halogens is 1. The van der Waals surface area contributed by atoms with Crippen LogP contribution in [0.2, 0.25) is 5.15 Å². The Balaban J connectivity index is 2.06. The Morgan fingerprint density at radius 2 is 1.65 bits per heavy atom. The summed E-state index contributed by atoms with van der Waals surface area (Å²) in [5.41, 5.74) is -0.575. The quantitative estimate of drug-likeness (QED) is 0.196. The van der Waals surface area contributed by atoms with Crippen molar-refractivity contribution in [2.45, 2.75) is 54.1 Å². The standard InChI is InChI=1S/C20H28ClN4O5P/c1-19(2,3)16(26)29-18(30-17(27)20(4,5)6)31(28)10-8-7-9-25-12-24-13-14(21)22-11-23-15(13)25/h7-8,11-12,18,31H,9-10H2,1-6H3/b8-7+. The summed E-state index contributed by atoms with van der Waals surface area (Å²) in [7, 11) is -2.62. The van der Waals surface area contributed by atoms with E-state index in [1.54, 1.807) is 64.6 Å². The van der Waals surface area contributed by atoms with Crippen molar-refractivity contribution in [1.82, 2.24) is 19.5 Å². The SMILES string of the molecule is CC(C)(C)C(=O)OC(OC(=O)C(C)(C)C)[PH](=O)C/C=C/Cn1cnc2c(Cl)ncnc21. The average molecular weight is 471 g/mol. The van der Waals surface area contributed by atoms with E-state index in [9.17, 15) is 14.2 Å². The molecule has 1 unspecified atom stereocenters. The van der Waals surface area contributed by atoms with Gasteiger partial charge < -0.3 is 18.6 Å². The zero-order valence-corrected chi connectivity index (χ0v) is 20.3. The maximum absolute atomic E-state index is 12.8. The number of hydrogen-bond acceptors (Lipinski definition) is 8. The molecule has 0 radical (unpaired) electrons. The molecule has 1 atom stereocenters. The Morgan fingerprint density at radius 3 is 2.19 bits per heavy atom. The molecule has 0 bridgehead atoms. The normalized spacial score (nSPS) is 13.7. The Morgan fingerprint density at radius 1 is 1.06 bits per heavy atom. The van der Waals surface area contributed by atoms with Crippen molar-refractivity contribution >= 4 is 42.5 Å². The van der Waals surface area contributed by atoms with E-state index in [0.717, 1.165) is 0 Å². The van der Waals surface area contributed by atoms with Crippen LogP contribution >= 0.6 is 19.4 Å². The van der Waals surface area contributed by atoms with Crippen LogP contribution in [-0.4, -0.2) is 43.7 Å². The van der Waals surface area contributed by atoms with Gasteiger partial charge in [-0.25, -0.2) is 15.0 Å². The highest BCUT2D eigenvalue weighted by Gasteiger charge is 2.34. The third kappa shape index (κ3) is 6.87. The zero-order chi connectivity index (χ0) is 23.4. The van der Waals surface area contributed by atoms with Crippen molar-refractivity contribution in [2.75, 3.05) is 6.16 Å². The molecule has 2 heterocycles. The van der Waals surface area contributed by atoms with E-state index in [1.165, 1.54) is 6.33 Å². The number of hydrogen-bond donors (Lipinski definition) is 0. The first kappa shape index (κ1) is 25.0. The van der Waals surface area contributed by atoms with Gasteiger partial charge in [-0.3, -0.25) is 9.59 Å². The number of allylic oxidation sites excluding steroid dienone is 2. The van der Waals surface area contributed by atoms with Crippen LogP contribution in [0, 0.1) is 10.8 Å². The Labute approximate surface area is 187 Å². The lowest BCUT2D eigenvalue weighted by Crippen LogP contribution is -2.33. The highest BCUT2D eigenvalue weighted by atomic mass is 35.5. The summed E-state index contributed by atoms with van der Waals surface area (Å²) in [6, 6.07) is -1.42. The van der Waals surface area contributed by atoms with Gasteiger partial charge in [-0.05, 0) is 41.5 Å². The van der Waals surface area contributed by atoms with Crippen LogP contribution in [0.1, 0.15) is 41.5 Å². The molecule has 0 aromatic carbocycles. The number of aromatic nitrogens is 4. The number of esters is 2. The van der Waals surface area contributed by atoms with Crippen molar-refractivity contribution < 1.29 is 23.6 Å². The van der Waals surface area contributed by atoms with E-state index in [0.29, 0.717) is 17.7 Å². The predicted molar refractivity (Wildman–Crippen MR) is 118 cm³/mol. The molecule has 0 N–H and O–H groups in total. The highest BCUT2D eigenvalue weighted by Crippen LogP contribution is 2.34. The molecule has 2 rings (SSSR count). The molecule has 9 nitrogen and oxygen atoms in total. The van der Waals surface area contributed by atoms with Gasteiger partial charge in [0.25, 0.3) is 6.03 Å². The van der Waals surface area contributed by atoms with Gasteiger partial charge in [-0.1, -0.05) is 23.8 Å². The minimum atomic E-state index is -2.62. The van der Waals surface area contributed by atoms with Crippen molar-refractivity contribution in [3.63, 3.8) is 0 Å². The van der Waals surface area contributed by atoms with Gasteiger partial charge in [0, 0.05) is 12.7 Å². The van der Waals surface area contributed by atoms with Gasteiger partial charge in [0.15, 0.2) is 18.6 Å². The molecule has 0 aliphatic carbocycles. The van der Waals surface area contributed by atoms with Gasteiger partial charge in [-0.15, -0.1) is 0 Å². The molecule has 170 valence electrons. The third-order valence-corrected chi connectivity index (χ3v) is 5.74.